The van der Waals surface area contributed by atoms with Gasteiger partial charge < -0.3 is 11.1 Å². The normalized spacial score (nSPS) is 12.4. The summed E-state index contributed by atoms with van der Waals surface area (Å²) in [5, 5.41) is 2.59. The van der Waals surface area contributed by atoms with Crippen LogP contribution in [0.15, 0.2) is 27.6 Å². The third-order valence-electron chi connectivity index (χ3n) is 2.45. The zero-order chi connectivity index (χ0) is 15.3. The second-order valence-corrected chi connectivity index (χ2v) is 7.11. The van der Waals surface area contributed by atoms with Crippen LogP contribution in [0.4, 0.5) is 5.69 Å². The first-order valence-corrected chi connectivity index (χ1v) is 8.32. The molecular weight excluding hydrogens is 382 g/mol. The highest BCUT2D eigenvalue weighted by atomic mass is 79.9. The number of halogens is 2. The van der Waals surface area contributed by atoms with Crippen LogP contribution in [0.3, 0.4) is 0 Å². The molecule has 1 aromatic rings. The van der Waals surface area contributed by atoms with Gasteiger partial charge in [0, 0.05) is 24.0 Å². The summed E-state index contributed by atoms with van der Waals surface area (Å²) in [6.45, 7) is 3.48. The fourth-order valence-corrected chi connectivity index (χ4v) is 3.16. The molecule has 1 unspecified atom stereocenters. The molecule has 0 saturated carbocycles. The molecule has 1 aromatic carbocycles. The zero-order valence-electron chi connectivity index (χ0n) is 11.7. The van der Waals surface area contributed by atoms with Gasteiger partial charge in [0.1, 0.15) is 0 Å². The minimum absolute atomic E-state index is 0. The van der Waals surface area contributed by atoms with Crippen molar-refractivity contribution in [1.29, 1.82) is 0 Å². The van der Waals surface area contributed by atoms with Crippen LogP contribution in [0.25, 0.3) is 0 Å². The van der Waals surface area contributed by atoms with Gasteiger partial charge in [-0.25, -0.2) is 13.1 Å². The third-order valence-corrected chi connectivity index (χ3v) is 4.57. The molecule has 0 aliphatic rings. The van der Waals surface area contributed by atoms with E-state index in [2.05, 4.69) is 26.0 Å². The number of rotatable bonds is 6. The Morgan fingerprint density at radius 1 is 1.43 bits per heavy atom. The van der Waals surface area contributed by atoms with Crippen molar-refractivity contribution in [3.63, 3.8) is 0 Å². The van der Waals surface area contributed by atoms with Crippen LogP contribution in [0.2, 0.25) is 0 Å². The number of hydrogen-bond donors (Lipinski definition) is 3. The largest absolute Gasteiger partial charge is 0.328 e. The summed E-state index contributed by atoms with van der Waals surface area (Å²) < 4.78 is 27.1. The lowest BCUT2D eigenvalue weighted by Crippen LogP contribution is -2.29. The highest BCUT2D eigenvalue weighted by molar-refractivity contribution is 9.10. The minimum atomic E-state index is -3.57. The first-order valence-electron chi connectivity index (χ1n) is 6.05. The fourth-order valence-electron chi connectivity index (χ4n) is 1.46. The Balaban J connectivity index is 0.00000400. The molecule has 0 aliphatic carbocycles. The molecule has 21 heavy (non-hydrogen) atoms. The number of benzene rings is 1. The van der Waals surface area contributed by atoms with Crippen molar-refractivity contribution in [1.82, 2.24) is 4.72 Å². The Kier molecular flexibility index (Phi) is 8.42. The van der Waals surface area contributed by atoms with Gasteiger partial charge in [0.25, 0.3) is 0 Å². The van der Waals surface area contributed by atoms with Crippen molar-refractivity contribution in [2.45, 2.75) is 31.2 Å². The minimum Gasteiger partial charge on any atom is -0.328 e. The van der Waals surface area contributed by atoms with Gasteiger partial charge in [0.05, 0.1) is 10.6 Å². The van der Waals surface area contributed by atoms with E-state index >= 15 is 0 Å². The molecule has 0 bridgehead atoms. The molecule has 0 saturated heterocycles. The summed E-state index contributed by atoms with van der Waals surface area (Å²) in [7, 11) is -3.57. The van der Waals surface area contributed by atoms with E-state index in [0.29, 0.717) is 16.6 Å². The van der Waals surface area contributed by atoms with E-state index in [0.717, 1.165) is 0 Å². The molecule has 120 valence electrons. The summed E-state index contributed by atoms with van der Waals surface area (Å²) in [4.78, 5) is 11.1. The van der Waals surface area contributed by atoms with Crippen LogP contribution in [-0.2, 0) is 14.8 Å². The van der Waals surface area contributed by atoms with Gasteiger partial charge >= 0.3 is 0 Å². The molecule has 6 nitrogen and oxygen atoms in total. The maximum atomic E-state index is 12.0. The lowest BCUT2D eigenvalue weighted by molar-refractivity contribution is -0.114. The van der Waals surface area contributed by atoms with Gasteiger partial charge in [-0.2, -0.15) is 0 Å². The standard InChI is InChI=1S/C12H18BrN3O3S.ClH/c1-8(14)5-6-15-20(18,19)10-3-4-12(11(13)7-10)16-9(2)17;/h3-4,7-8,15H,5-6,14H2,1-2H3,(H,16,17);1H. The van der Waals surface area contributed by atoms with Crippen LogP contribution in [0.5, 0.6) is 0 Å². The van der Waals surface area contributed by atoms with Gasteiger partial charge in [-0.05, 0) is 47.5 Å². The predicted octanol–water partition coefficient (Wildman–Crippen LogP) is 1.84. The average Bonchev–Trinajstić information content (AvgIpc) is 2.30. The Hall–Kier alpha value is -0.670. The van der Waals surface area contributed by atoms with Crippen LogP contribution in [0, 0.1) is 0 Å². The Morgan fingerprint density at radius 2 is 2.05 bits per heavy atom. The third kappa shape index (κ3) is 6.75. The van der Waals surface area contributed by atoms with Crippen molar-refractivity contribution < 1.29 is 13.2 Å². The summed E-state index contributed by atoms with van der Waals surface area (Å²) in [6, 6.07) is 4.35. The zero-order valence-corrected chi connectivity index (χ0v) is 14.9. The van der Waals surface area contributed by atoms with E-state index in [1.54, 1.807) is 0 Å². The SMILES string of the molecule is CC(=O)Nc1ccc(S(=O)(=O)NCCC(C)N)cc1Br.Cl. The van der Waals surface area contributed by atoms with Crippen molar-refractivity contribution in [3.05, 3.63) is 22.7 Å². The van der Waals surface area contributed by atoms with Gasteiger partial charge in [-0.15, -0.1) is 12.4 Å². The second-order valence-electron chi connectivity index (χ2n) is 4.49. The molecule has 1 atom stereocenters. The smallest absolute Gasteiger partial charge is 0.240 e. The Labute approximate surface area is 139 Å². The molecular formula is C12H19BrClN3O3S. The highest BCUT2D eigenvalue weighted by Crippen LogP contribution is 2.25. The van der Waals surface area contributed by atoms with Crippen molar-refractivity contribution in [2.24, 2.45) is 5.73 Å². The predicted molar refractivity (Wildman–Crippen MR) is 89.1 cm³/mol. The van der Waals surface area contributed by atoms with E-state index in [9.17, 15) is 13.2 Å². The van der Waals surface area contributed by atoms with E-state index in [1.165, 1.54) is 25.1 Å². The van der Waals surface area contributed by atoms with Crippen molar-refractivity contribution >= 4 is 50.0 Å². The molecule has 0 aromatic heterocycles. The molecule has 4 N–H and O–H groups in total. The number of anilines is 1. The topological polar surface area (TPSA) is 101 Å². The summed E-state index contributed by atoms with van der Waals surface area (Å²) in [5.74, 6) is -0.226. The second kappa shape index (κ2) is 8.70. The summed E-state index contributed by atoms with van der Waals surface area (Å²) >= 11 is 3.23. The fraction of sp³-hybridized carbons (Fsp3) is 0.417. The molecule has 0 aliphatic heterocycles. The van der Waals surface area contributed by atoms with Crippen molar-refractivity contribution in [3.8, 4) is 0 Å². The first-order chi connectivity index (χ1) is 9.22. The number of hydrogen-bond acceptors (Lipinski definition) is 4. The van der Waals surface area contributed by atoms with Crippen LogP contribution in [0.1, 0.15) is 20.3 Å². The van der Waals surface area contributed by atoms with Crippen LogP contribution in [-0.4, -0.2) is 26.9 Å². The summed E-state index contributed by atoms with van der Waals surface area (Å²) in [6.07, 6.45) is 0.560. The number of nitrogens with two attached hydrogens (primary N) is 1. The van der Waals surface area contributed by atoms with Crippen molar-refractivity contribution in [2.75, 3.05) is 11.9 Å². The first kappa shape index (κ1) is 20.3. The maximum Gasteiger partial charge on any atom is 0.240 e. The molecule has 0 spiro atoms. The highest BCUT2D eigenvalue weighted by Gasteiger charge is 2.15. The lowest BCUT2D eigenvalue weighted by atomic mass is 10.3. The number of carbonyl (C=O) groups is 1. The van der Waals surface area contributed by atoms with Gasteiger partial charge in [-0.3, -0.25) is 4.79 Å². The van der Waals surface area contributed by atoms with E-state index in [-0.39, 0.29) is 35.8 Å². The number of amides is 1. The number of nitrogens with one attached hydrogen (secondary N) is 2. The van der Waals surface area contributed by atoms with Gasteiger partial charge in [-0.1, -0.05) is 0 Å². The Morgan fingerprint density at radius 3 is 2.52 bits per heavy atom. The molecule has 0 heterocycles. The quantitative estimate of drug-likeness (QED) is 0.678. The molecule has 0 radical (unpaired) electrons. The molecule has 9 heteroatoms. The maximum absolute atomic E-state index is 12.0. The molecule has 1 rings (SSSR count). The van der Waals surface area contributed by atoms with E-state index < -0.39 is 10.0 Å². The monoisotopic (exact) mass is 399 g/mol. The van der Waals surface area contributed by atoms with Crippen LogP contribution < -0.4 is 15.8 Å². The number of carbonyl (C=O) groups excluding carboxylic acids is 1. The lowest BCUT2D eigenvalue weighted by Gasteiger charge is -2.10. The Bertz CT molecular complexity index is 593. The van der Waals surface area contributed by atoms with Crippen LogP contribution >= 0.6 is 28.3 Å². The molecule has 1 amide bonds. The van der Waals surface area contributed by atoms with E-state index in [1.807, 2.05) is 6.92 Å². The van der Waals surface area contributed by atoms with Gasteiger partial charge in [0.15, 0.2) is 0 Å². The summed E-state index contributed by atoms with van der Waals surface area (Å²) in [5.41, 5.74) is 6.09. The van der Waals surface area contributed by atoms with E-state index in [4.69, 9.17) is 5.73 Å². The average molecular weight is 401 g/mol. The number of sulfonamides is 1. The molecule has 0 fully saturated rings. The van der Waals surface area contributed by atoms with Gasteiger partial charge in [0.2, 0.25) is 15.9 Å².